The largest absolute Gasteiger partial charge is 0.388 e. The van der Waals surface area contributed by atoms with Gasteiger partial charge in [0, 0.05) is 19.3 Å². The van der Waals surface area contributed by atoms with Crippen molar-refractivity contribution in [1.82, 2.24) is 15.4 Å². The first-order valence-corrected chi connectivity index (χ1v) is 5.37. The maximum absolute atomic E-state index is 11.4. The number of hydrogen-bond donors (Lipinski definition) is 3. The molecule has 4 N–H and O–H groups in total. The van der Waals surface area contributed by atoms with E-state index in [0.717, 1.165) is 18.5 Å². The molecule has 1 rings (SSSR count). The van der Waals surface area contributed by atoms with E-state index in [1.165, 1.54) is 0 Å². The average Bonchev–Trinajstić information content (AvgIpc) is 2.70. The predicted molar refractivity (Wildman–Crippen MR) is 60.1 cm³/mol. The van der Waals surface area contributed by atoms with Gasteiger partial charge in [-0.05, 0) is 19.3 Å². The van der Waals surface area contributed by atoms with Crippen molar-refractivity contribution in [2.75, 3.05) is 0 Å². The minimum Gasteiger partial charge on any atom is -0.388 e. The lowest BCUT2D eigenvalue weighted by molar-refractivity contribution is -0.119. The highest BCUT2D eigenvalue weighted by molar-refractivity contribution is 5.80. The molecule has 0 amide bonds. The third-order valence-electron chi connectivity index (χ3n) is 2.26. The molecule has 1 aromatic heterocycles. The Morgan fingerprint density at radius 2 is 2.12 bits per heavy atom. The first-order valence-electron chi connectivity index (χ1n) is 5.37. The van der Waals surface area contributed by atoms with Crippen LogP contribution >= 0.6 is 0 Å². The quantitative estimate of drug-likeness (QED) is 0.447. The number of H-pyrrole nitrogens is 1. The van der Waals surface area contributed by atoms with Gasteiger partial charge in [-0.2, -0.15) is 15.4 Å². The van der Waals surface area contributed by atoms with Gasteiger partial charge >= 0.3 is 0 Å². The second-order valence-electron chi connectivity index (χ2n) is 3.73. The van der Waals surface area contributed by atoms with E-state index in [9.17, 15) is 4.79 Å². The van der Waals surface area contributed by atoms with E-state index >= 15 is 0 Å². The molecule has 0 spiro atoms. The van der Waals surface area contributed by atoms with Gasteiger partial charge in [0.1, 0.15) is 5.78 Å². The Morgan fingerprint density at radius 1 is 1.38 bits per heavy atom. The summed E-state index contributed by atoms with van der Waals surface area (Å²) in [4.78, 5) is 11.4. The van der Waals surface area contributed by atoms with E-state index in [1.807, 2.05) is 0 Å². The lowest BCUT2D eigenvalue weighted by atomic mass is 10.1. The van der Waals surface area contributed by atoms with Gasteiger partial charge in [-0.25, -0.2) is 0 Å². The summed E-state index contributed by atoms with van der Waals surface area (Å²) in [5, 5.41) is 17.1. The fourth-order valence-electron chi connectivity index (χ4n) is 1.41. The number of Topliss-reactive ketones (excluding diaryl/α,β-unsaturated/α-hetero) is 1. The third kappa shape index (κ3) is 5.23. The van der Waals surface area contributed by atoms with Crippen molar-refractivity contribution in [3.63, 3.8) is 0 Å². The Hall–Kier alpha value is -1.72. The molecule has 0 atom stereocenters. The zero-order chi connectivity index (χ0) is 11.8. The van der Waals surface area contributed by atoms with Crippen LogP contribution in [0, 0.1) is 5.41 Å². The number of amidine groups is 1. The van der Waals surface area contributed by atoms with Gasteiger partial charge in [0.2, 0.25) is 0 Å². The smallest absolute Gasteiger partial charge is 0.132 e. The van der Waals surface area contributed by atoms with Crippen LogP contribution in [0.15, 0.2) is 6.20 Å². The number of carbonyl (C=O) groups excluding carboxylic acids is 1. The Morgan fingerprint density at radius 3 is 2.75 bits per heavy atom. The maximum atomic E-state index is 11.4. The standard InChI is InChI=1S/C10H17N5O/c11-10(12)6-2-5-9(16)4-1-3-8-7-13-15-14-8/h7H,1-6H2,(H3,11,12)(H,13,14,15). The summed E-state index contributed by atoms with van der Waals surface area (Å²) in [6.07, 6.45) is 5.50. The molecule has 88 valence electrons. The van der Waals surface area contributed by atoms with Gasteiger partial charge in [0.25, 0.3) is 0 Å². The lowest BCUT2D eigenvalue weighted by Crippen LogP contribution is -2.10. The highest BCUT2D eigenvalue weighted by Crippen LogP contribution is 2.04. The van der Waals surface area contributed by atoms with Crippen molar-refractivity contribution in [1.29, 1.82) is 5.41 Å². The molecule has 0 aliphatic rings. The zero-order valence-corrected chi connectivity index (χ0v) is 9.20. The Labute approximate surface area is 94.1 Å². The Balaban J connectivity index is 2.04. The topological polar surface area (TPSA) is 109 Å². The highest BCUT2D eigenvalue weighted by atomic mass is 16.1. The summed E-state index contributed by atoms with van der Waals surface area (Å²) in [7, 11) is 0. The molecule has 0 aliphatic carbocycles. The zero-order valence-electron chi connectivity index (χ0n) is 9.20. The summed E-state index contributed by atoms with van der Waals surface area (Å²) in [6, 6.07) is 0. The van der Waals surface area contributed by atoms with E-state index in [-0.39, 0.29) is 11.6 Å². The summed E-state index contributed by atoms with van der Waals surface area (Å²) in [6.45, 7) is 0. The van der Waals surface area contributed by atoms with Crippen molar-refractivity contribution in [3.8, 4) is 0 Å². The average molecular weight is 223 g/mol. The van der Waals surface area contributed by atoms with Crippen molar-refractivity contribution in [3.05, 3.63) is 11.9 Å². The van der Waals surface area contributed by atoms with Crippen molar-refractivity contribution >= 4 is 11.6 Å². The number of carbonyl (C=O) groups is 1. The molecule has 6 nitrogen and oxygen atoms in total. The third-order valence-corrected chi connectivity index (χ3v) is 2.26. The molecule has 0 unspecified atom stereocenters. The highest BCUT2D eigenvalue weighted by Gasteiger charge is 2.03. The second-order valence-corrected chi connectivity index (χ2v) is 3.73. The van der Waals surface area contributed by atoms with Gasteiger partial charge in [-0.1, -0.05) is 0 Å². The first kappa shape index (κ1) is 12.4. The van der Waals surface area contributed by atoms with E-state index in [2.05, 4.69) is 15.4 Å². The first-order chi connectivity index (χ1) is 7.68. The van der Waals surface area contributed by atoms with Crippen LogP contribution in [0.4, 0.5) is 0 Å². The SMILES string of the molecule is N=C(N)CCCC(=O)CCCc1cn[nH]n1. The molecule has 1 heterocycles. The van der Waals surface area contributed by atoms with Crippen LogP contribution in [0.1, 0.15) is 37.8 Å². The number of nitrogens with two attached hydrogens (primary N) is 1. The molecule has 0 saturated heterocycles. The fraction of sp³-hybridized carbons (Fsp3) is 0.600. The minimum absolute atomic E-state index is 0.149. The maximum Gasteiger partial charge on any atom is 0.132 e. The van der Waals surface area contributed by atoms with E-state index in [4.69, 9.17) is 11.1 Å². The molecule has 0 fully saturated rings. The van der Waals surface area contributed by atoms with Crippen molar-refractivity contribution < 1.29 is 4.79 Å². The summed E-state index contributed by atoms with van der Waals surface area (Å²) in [5.74, 6) is 0.375. The molecular weight excluding hydrogens is 206 g/mol. The number of nitrogens with zero attached hydrogens (tertiary/aromatic N) is 2. The molecule has 16 heavy (non-hydrogen) atoms. The molecular formula is C10H17N5O. The number of nitrogens with one attached hydrogen (secondary N) is 2. The predicted octanol–water partition coefficient (Wildman–Crippen LogP) is 0.803. The number of ketones is 1. The number of aryl methyl sites for hydroxylation is 1. The number of aromatic nitrogens is 3. The van der Waals surface area contributed by atoms with Gasteiger partial charge in [0.05, 0.1) is 17.7 Å². The Bertz CT molecular complexity index is 333. The van der Waals surface area contributed by atoms with Gasteiger partial charge < -0.3 is 5.73 Å². The van der Waals surface area contributed by atoms with Crippen LogP contribution in [-0.4, -0.2) is 27.0 Å². The number of hydrogen-bond acceptors (Lipinski definition) is 4. The van der Waals surface area contributed by atoms with E-state index in [1.54, 1.807) is 6.20 Å². The molecule has 0 radical (unpaired) electrons. The van der Waals surface area contributed by atoms with Crippen LogP contribution in [-0.2, 0) is 11.2 Å². The monoisotopic (exact) mass is 223 g/mol. The molecule has 1 aromatic rings. The van der Waals surface area contributed by atoms with Crippen molar-refractivity contribution in [2.45, 2.75) is 38.5 Å². The van der Waals surface area contributed by atoms with Crippen LogP contribution in [0.5, 0.6) is 0 Å². The van der Waals surface area contributed by atoms with Crippen molar-refractivity contribution in [2.24, 2.45) is 5.73 Å². The van der Waals surface area contributed by atoms with Crippen LogP contribution in [0.2, 0.25) is 0 Å². The summed E-state index contributed by atoms with van der Waals surface area (Å²) < 4.78 is 0. The lowest BCUT2D eigenvalue weighted by Gasteiger charge is -1.99. The molecule has 0 bridgehead atoms. The second kappa shape index (κ2) is 6.71. The summed E-state index contributed by atoms with van der Waals surface area (Å²) >= 11 is 0. The number of aromatic amines is 1. The van der Waals surface area contributed by atoms with Gasteiger partial charge in [0.15, 0.2) is 0 Å². The van der Waals surface area contributed by atoms with E-state index < -0.39 is 0 Å². The Kier molecular flexibility index (Phi) is 5.18. The van der Waals surface area contributed by atoms with Gasteiger partial charge in [-0.15, -0.1) is 0 Å². The molecule has 0 aromatic carbocycles. The summed E-state index contributed by atoms with van der Waals surface area (Å²) in [5.41, 5.74) is 6.08. The van der Waals surface area contributed by atoms with Crippen LogP contribution < -0.4 is 5.73 Å². The molecule has 0 saturated carbocycles. The van der Waals surface area contributed by atoms with Gasteiger partial charge in [-0.3, -0.25) is 10.2 Å². The van der Waals surface area contributed by atoms with E-state index in [0.29, 0.717) is 25.7 Å². The molecule has 0 aliphatic heterocycles. The fourth-order valence-corrected chi connectivity index (χ4v) is 1.41. The minimum atomic E-state index is 0.149. The number of rotatable bonds is 8. The molecule has 6 heteroatoms. The normalized spacial score (nSPS) is 10.2. The van der Waals surface area contributed by atoms with Crippen LogP contribution in [0.3, 0.4) is 0 Å². The van der Waals surface area contributed by atoms with Crippen LogP contribution in [0.25, 0.3) is 0 Å².